The number of hydrogen-bond donors (Lipinski definition) is 3. The van der Waals surface area contributed by atoms with E-state index < -0.39 is 23.5 Å². The lowest BCUT2D eigenvalue weighted by molar-refractivity contribution is -0.166. The van der Waals surface area contributed by atoms with Crippen LogP contribution in [0.3, 0.4) is 0 Å². The summed E-state index contributed by atoms with van der Waals surface area (Å²) in [5.41, 5.74) is -0.543. The molecule has 0 aromatic heterocycles. The van der Waals surface area contributed by atoms with E-state index in [1.807, 2.05) is 0 Å². The normalized spacial score (nSPS) is 17.4. The number of imide groups is 1. The van der Waals surface area contributed by atoms with Gasteiger partial charge < -0.3 is 15.2 Å². The number of urea groups is 1. The number of nitrogens with one attached hydrogen (secondary N) is 2. The third kappa shape index (κ3) is 5.54. The highest BCUT2D eigenvalue weighted by Gasteiger charge is 2.40. The molecule has 1 aliphatic heterocycles. The van der Waals surface area contributed by atoms with E-state index in [4.69, 9.17) is 9.84 Å². The van der Waals surface area contributed by atoms with Crippen LogP contribution in [0.4, 0.5) is 4.79 Å². The van der Waals surface area contributed by atoms with E-state index in [1.54, 1.807) is 25.7 Å². The lowest BCUT2D eigenvalue weighted by Crippen LogP contribution is -2.63. The lowest BCUT2D eigenvalue weighted by Gasteiger charge is -2.46. The highest BCUT2D eigenvalue weighted by molar-refractivity contribution is 5.95. The van der Waals surface area contributed by atoms with Crippen LogP contribution in [0.25, 0.3) is 0 Å². The maximum absolute atomic E-state index is 11.6. The standard InChI is InChI=1S/C12H21N3O5/c1-8(2)13-11(19)14-9(16)4-15-6-12(3,7-15)20-5-10(17)18/h8H,4-7H2,1-3H3,(H,17,18)(H2,13,14,16,19). The summed E-state index contributed by atoms with van der Waals surface area (Å²) in [6.07, 6.45) is 0. The number of nitrogens with zero attached hydrogens (tertiary/aromatic N) is 1. The summed E-state index contributed by atoms with van der Waals surface area (Å²) in [5, 5.41) is 13.3. The molecule has 20 heavy (non-hydrogen) atoms. The SMILES string of the molecule is CC(C)NC(=O)NC(=O)CN1CC(C)(OCC(=O)O)C1. The van der Waals surface area contributed by atoms with Crippen molar-refractivity contribution in [3.63, 3.8) is 0 Å². The highest BCUT2D eigenvalue weighted by Crippen LogP contribution is 2.23. The third-order valence-electron chi connectivity index (χ3n) is 2.70. The van der Waals surface area contributed by atoms with Crippen LogP contribution in [0.1, 0.15) is 20.8 Å². The Labute approximate surface area is 117 Å². The second-order valence-corrected chi connectivity index (χ2v) is 5.45. The summed E-state index contributed by atoms with van der Waals surface area (Å²) >= 11 is 0. The highest BCUT2D eigenvalue weighted by atomic mass is 16.5. The molecule has 0 aromatic carbocycles. The van der Waals surface area contributed by atoms with Crippen LogP contribution in [0, 0.1) is 0 Å². The molecule has 0 saturated carbocycles. The van der Waals surface area contributed by atoms with Crippen molar-refractivity contribution in [3.8, 4) is 0 Å². The van der Waals surface area contributed by atoms with Crippen LogP contribution in [0.2, 0.25) is 0 Å². The fourth-order valence-corrected chi connectivity index (χ4v) is 2.01. The van der Waals surface area contributed by atoms with E-state index in [1.165, 1.54) is 0 Å². The van der Waals surface area contributed by atoms with Crippen LogP contribution in [-0.2, 0) is 14.3 Å². The van der Waals surface area contributed by atoms with E-state index in [2.05, 4.69) is 10.6 Å². The molecule has 0 radical (unpaired) electrons. The van der Waals surface area contributed by atoms with Crippen molar-refractivity contribution >= 4 is 17.9 Å². The predicted molar refractivity (Wildman–Crippen MR) is 70.2 cm³/mol. The molecule has 114 valence electrons. The Balaban J connectivity index is 2.23. The molecule has 1 fully saturated rings. The Kier molecular flexibility index (Phi) is 5.46. The Morgan fingerprint density at radius 2 is 1.95 bits per heavy atom. The van der Waals surface area contributed by atoms with Gasteiger partial charge in [0.1, 0.15) is 6.61 Å². The van der Waals surface area contributed by atoms with Crippen molar-refractivity contribution in [1.29, 1.82) is 0 Å². The minimum atomic E-state index is -1.02. The second-order valence-electron chi connectivity index (χ2n) is 5.45. The molecule has 8 nitrogen and oxygen atoms in total. The van der Waals surface area contributed by atoms with Gasteiger partial charge in [0, 0.05) is 19.1 Å². The summed E-state index contributed by atoms with van der Waals surface area (Å²) in [7, 11) is 0. The largest absolute Gasteiger partial charge is 0.480 e. The molecule has 0 bridgehead atoms. The molecule has 0 aromatic rings. The molecule has 3 N–H and O–H groups in total. The van der Waals surface area contributed by atoms with Gasteiger partial charge in [0.05, 0.1) is 12.1 Å². The monoisotopic (exact) mass is 287 g/mol. The fraction of sp³-hybridized carbons (Fsp3) is 0.750. The van der Waals surface area contributed by atoms with Crippen LogP contribution < -0.4 is 10.6 Å². The quantitative estimate of drug-likeness (QED) is 0.602. The number of carboxylic acids is 1. The Bertz CT molecular complexity index is 391. The topological polar surface area (TPSA) is 108 Å². The average Bonchev–Trinajstić information content (AvgIpc) is 2.22. The third-order valence-corrected chi connectivity index (χ3v) is 2.70. The van der Waals surface area contributed by atoms with E-state index >= 15 is 0 Å². The predicted octanol–water partition coefficient (Wildman–Crippen LogP) is -0.604. The summed E-state index contributed by atoms with van der Waals surface area (Å²) < 4.78 is 5.22. The smallest absolute Gasteiger partial charge is 0.329 e. The van der Waals surface area contributed by atoms with E-state index in [0.29, 0.717) is 13.1 Å². The first-order chi connectivity index (χ1) is 9.20. The molecule has 1 aliphatic rings. The first-order valence-electron chi connectivity index (χ1n) is 6.39. The van der Waals surface area contributed by atoms with Crippen molar-refractivity contribution in [3.05, 3.63) is 0 Å². The number of amides is 3. The van der Waals surface area contributed by atoms with Crippen LogP contribution in [-0.4, -0.2) is 65.8 Å². The van der Waals surface area contributed by atoms with Crippen LogP contribution in [0.15, 0.2) is 0 Å². The molecule has 0 spiro atoms. The zero-order chi connectivity index (χ0) is 15.3. The lowest BCUT2D eigenvalue weighted by atomic mass is 9.96. The molecule has 1 heterocycles. The number of hydrogen-bond acceptors (Lipinski definition) is 5. The average molecular weight is 287 g/mol. The minimum Gasteiger partial charge on any atom is -0.480 e. The zero-order valence-electron chi connectivity index (χ0n) is 11.9. The number of ether oxygens (including phenoxy) is 1. The summed E-state index contributed by atoms with van der Waals surface area (Å²) in [6.45, 7) is 6.02. The minimum absolute atomic E-state index is 0.0421. The van der Waals surface area contributed by atoms with Gasteiger partial charge in [0.2, 0.25) is 5.91 Å². The van der Waals surface area contributed by atoms with Gasteiger partial charge in [-0.2, -0.15) is 0 Å². The summed E-state index contributed by atoms with van der Waals surface area (Å²) in [5.74, 6) is -1.42. The van der Waals surface area contributed by atoms with Crippen molar-refractivity contribution < 1.29 is 24.2 Å². The van der Waals surface area contributed by atoms with Gasteiger partial charge in [-0.3, -0.25) is 15.0 Å². The van der Waals surface area contributed by atoms with Gasteiger partial charge in [0.15, 0.2) is 0 Å². The van der Waals surface area contributed by atoms with E-state index in [9.17, 15) is 14.4 Å². The Morgan fingerprint density at radius 3 is 2.45 bits per heavy atom. The molecule has 3 amide bonds. The van der Waals surface area contributed by atoms with E-state index in [0.717, 1.165) is 0 Å². The van der Waals surface area contributed by atoms with Crippen molar-refractivity contribution in [2.24, 2.45) is 0 Å². The second kappa shape index (κ2) is 6.67. The first kappa shape index (κ1) is 16.4. The molecular formula is C12H21N3O5. The van der Waals surface area contributed by atoms with Gasteiger partial charge >= 0.3 is 12.0 Å². The molecule has 1 saturated heterocycles. The summed E-state index contributed by atoms with van der Waals surface area (Å²) in [6, 6.07) is -0.560. The van der Waals surface area contributed by atoms with Crippen molar-refractivity contribution in [2.75, 3.05) is 26.2 Å². The van der Waals surface area contributed by atoms with Crippen molar-refractivity contribution in [1.82, 2.24) is 15.5 Å². The van der Waals surface area contributed by atoms with Gasteiger partial charge in [-0.25, -0.2) is 9.59 Å². The van der Waals surface area contributed by atoms with Gasteiger partial charge in [-0.15, -0.1) is 0 Å². The maximum Gasteiger partial charge on any atom is 0.329 e. The summed E-state index contributed by atoms with van der Waals surface area (Å²) in [4.78, 5) is 35.1. The number of carbonyl (C=O) groups is 3. The van der Waals surface area contributed by atoms with Crippen LogP contribution >= 0.6 is 0 Å². The van der Waals surface area contributed by atoms with Gasteiger partial charge in [-0.1, -0.05) is 0 Å². The number of rotatable bonds is 6. The maximum atomic E-state index is 11.6. The Morgan fingerprint density at radius 1 is 1.35 bits per heavy atom. The fourth-order valence-electron chi connectivity index (χ4n) is 2.01. The number of carbonyl (C=O) groups excluding carboxylic acids is 2. The zero-order valence-corrected chi connectivity index (χ0v) is 11.9. The molecule has 0 atom stereocenters. The number of aliphatic carboxylic acids is 1. The molecule has 0 aliphatic carbocycles. The molecule has 0 unspecified atom stereocenters. The molecule has 1 rings (SSSR count). The Hall–Kier alpha value is -1.67. The molecular weight excluding hydrogens is 266 g/mol. The van der Waals surface area contributed by atoms with Crippen molar-refractivity contribution in [2.45, 2.75) is 32.4 Å². The number of likely N-dealkylation sites (tertiary alicyclic amines) is 1. The van der Waals surface area contributed by atoms with Crippen LogP contribution in [0.5, 0.6) is 0 Å². The van der Waals surface area contributed by atoms with Gasteiger partial charge in [0.25, 0.3) is 0 Å². The number of carboxylic acid groups (broad SMARTS) is 1. The van der Waals surface area contributed by atoms with E-state index in [-0.39, 0.29) is 19.2 Å². The molecule has 8 heteroatoms. The first-order valence-corrected chi connectivity index (χ1v) is 6.39. The van der Waals surface area contributed by atoms with Gasteiger partial charge in [-0.05, 0) is 20.8 Å².